The van der Waals surface area contributed by atoms with Gasteiger partial charge in [-0.15, -0.1) is 0 Å². The highest BCUT2D eigenvalue weighted by molar-refractivity contribution is 8.13. The van der Waals surface area contributed by atoms with Crippen LogP contribution in [-0.4, -0.2) is 16.3 Å². The Hall–Kier alpha value is -1.78. The number of nitrogens with zero attached hydrogens (tertiary/aromatic N) is 3. The van der Waals surface area contributed by atoms with Crippen LogP contribution >= 0.6 is 23.4 Å². The van der Waals surface area contributed by atoms with Crippen LogP contribution in [0.3, 0.4) is 0 Å². The molecule has 1 N–H and O–H groups in total. The number of para-hydroxylation sites is 1. The van der Waals surface area contributed by atoms with E-state index in [4.69, 9.17) is 16.9 Å². The first kappa shape index (κ1) is 13.3. The summed E-state index contributed by atoms with van der Waals surface area (Å²) < 4.78 is 0. The summed E-state index contributed by atoms with van der Waals surface area (Å²) in [5, 5.41) is 22.0. The Morgan fingerprint density at radius 3 is 2.94 bits per heavy atom. The highest BCUT2D eigenvalue weighted by Crippen LogP contribution is 2.35. The minimum absolute atomic E-state index is 0.0336. The Balaban J connectivity index is 3.30. The largest absolute Gasteiger partial charge is 0.296 e. The number of benzene rings is 1. The van der Waals surface area contributed by atoms with Crippen molar-refractivity contribution >= 4 is 39.9 Å². The normalized spacial score (nSPS) is 10.8. The molecule has 1 aromatic carbocycles. The Morgan fingerprint density at radius 1 is 1.71 bits per heavy atom. The van der Waals surface area contributed by atoms with Crippen molar-refractivity contribution in [1.29, 1.82) is 5.26 Å². The number of amidine groups is 1. The number of nitro benzene ring substituents is 1. The summed E-state index contributed by atoms with van der Waals surface area (Å²) in [6.07, 6.45) is 3.38. The lowest BCUT2D eigenvalue weighted by atomic mass is 10.3. The zero-order chi connectivity index (χ0) is 12.8. The van der Waals surface area contributed by atoms with Crippen molar-refractivity contribution in [3.05, 3.63) is 33.3 Å². The third kappa shape index (κ3) is 3.34. The van der Waals surface area contributed by atoms with Crippen LogP contribution < -0.4 is 5.32 Å². The molecule has 17 heavy (non-hydrogen) atoms. The predicted molar refractivity (Wildman–Crippen MR) is 67.5 cm³/mol. The van der Waals surface area contributed by atoms with Crippen LogP contribution in [0.5, 0.6) is 0 Å². The van der Waals surface area contributed by atoms with E-state index in [1.807, 2.05) is 0 Å². The number of rotatable bonds is 2. The maximum absolute atomic E-state index is 10.8. The fraction of sp³-hybridized carbons (Fsp3) is 0.111. The number of nitro groups is 1. The van der Waals surface area contributed by atoms with Gasteiger partial charge >= 0.3 is 0 Å². The Kier molecular flexibility index (Phi) is 4.75. The van der Waals surface area contributed by atoms with Crippen LogP contribution in [0.1, 0.15) is 0 Å². The second-order valence-corrected chi connectivity index (χ2v) is 3.92. The standard InChI is InChI=1S/C9H7ClN4O2S/c1-17-9(12-5-11)13-8-6(10)3-2-4-7(8)14(15)16/h2-4H,1H3,(H,12,13). The lowest BCUT2D eigenvalue weighted by Gasteiger charge is -2.02. The van der Waals surface area contributed by atoms with Crippen molar-refractivity contribution in [2.75, 3.05) is 6.26 Å². The molecule has 0 saturated carbocycles. The van der Waals surface area contributed by atoms with Crippen LogP contribution in [0.25, 0.3) is 0 Å². The molecule has 0 saturated heterocycles. The quantitative estimate of drug-likeness (QED) is 0.223. The lowest BCUT2D eigenvalue weighted by Crippen LogP contribution is -2.12. The second-order valence-electron chi connectivity index (χ2n) is 2.72. The van der Waals surface area contributed by atoms with Gasteiger partial charge in [-0.25, -0.2) is 4.99 Å². The number of nitriles is 1. The zero-order valence-electron chi connectivity index (χ0n) is 8.68. The molecule has 0 aromatic heterocycles. The van der Waals surface area contributed by atoms with E-state index < -0.39 is 4.92 Å². The van der Waals surface area contributed by atoms with Crippen molar-refractivity contribution in [2.45, 2.75) is 0 Å². The summed E-state index contributed by atoms with van der Waals surface area (Å²) in [6.45, 7) is 0. The average Bonchev–Trinajstić information content (AvgIpc) is 2.30. The minimum Gasteiger partial charge on any atom is -0.271 e. The monoisotopic (exact) mass is 270 g/mol. The van der Waals surface area contributed by atoms with Crippen molar-refractivity contribution in [3.63, 3.8) is 0 Å². The van der Waals surface area contributed by atoms with E-state index in [1.54, 1.807) is 12.4 Å². The molecule has 0 aliphatic carbocycles. The summed E-state index contributed by atoms with van der Waals surface area (Å²) in [6, 6.07) is 4.27. The van der Waals surface area contributed by atoms with Gasteiger partial charge in [0.2, 0.25) is 0 Å². The molecule has 6 nitrogen and oxygen atoms in total. The minimum atomic E-state index is -0.574. The molecule has 0 heterocycles. The lowest BCUT2D eigenvalue weighted by molar-refractivity contribution is -0.384. The molecule has 0 amide bonds. The van der Waals surface area contributed by atoms with E-state index in [2.05, 4.69) is 10.3 Å². The number of nitrogens with one attached hydrogen (secondary N) is 1. The Labute approximate surface area is 106 Å². The molecule has 0 spiro atoms. The van der Waals surface area contributed by atoms with Gasteiger partial charge in [0, 0.05) is 6.07 Å². The van der Waals surface area contributed by atoms with Gasteiger partial charge in [0.25, 0.3) is 5.69 Å². The van der Waals surface area contributed by atoms with E-state index in [0.29, 0.717) is 0 Å². The number of thioether (sulfide) groups is 1. The second kappa shape index (κ2) is 6.08. The highest BCUT2D eigenvalue weighted by atomic mass is 35.5. The van der Waals surface area contributed by atoms with Crippen molar-refractivity contribution in [2.24, 2.45) is 4.99 Å². The molecule has 1 aromatic rings. The number of hydrogen-bond donors (Lipinski definition) is 1. The smallest absolute Gasteiger partial charge is 0.271 e. The van der Waals surface area contributed by atoms with Crippen molar-refractivity contribution in [1.82, 2.24) is 5.32 Å². The first-order valence-corrected chi connectivity index (χ1v) is 5.91. The molecule has 0 bridgehead atoms. The first-order valence-electron chi connectivity index (χ1n) is 4.30. The van der Waals surface area contributed by atoms with E-state index in [9.17, 15) is 10.1 Å². The van der Waals surface area contributed by atoms with Crippen LogP contribution in [0.4, 0.5) is 11.4 Å². The summed E-state index contributed by atoms with van der Waals surface area (Å²) in [7, 11) is 0. The van der Waals surface area contributed by atoms with E-state index in [0.717, 1.165) is 11.8 Å². The average molecular weight is 271 g/mol. The van der Waals surface area contributed by atoms with Gasteiger partial charge in [-0.05, 0) is 12.3 Å². The molecule has 0 radical (unpaired) electrons. The highest BCUT2D eigenvalue weighted by Gasteiger charge is 2.16. The molecule has 0 aliphatic heterocycles. The summed E-state index contributed by atoms with van der Waals surface area (Å²) in [5.41, 5.74) is -0.171. The first-order chi connectivity index (χ1) is 8.10. The third-order valence-corrected chi connectivity index (χ3v) is 2.62. The van der Waals surface area contributed by atoms with Crippen LogP contribution in [0.2, 0.25) is 5.02 Å². The molecule has 0 unspecified atom stereocenters. The number of aliphatic imine (C=N–C) groups is 1. The molecule has 88 valence electrons. The van der Waals surface area contributed by atoms with Gasteiger partial charge in [-0.3, -0.25) is 15.4 Å². The maximum atomic E-state index is 10.8. The van der Waals surface area contributed by atoms with E-state index >= 15 is 0 Å². The molecule has 8 heteroatoms. The fourth-order valence-electron chi connectivity index (χ4n) is 1.04. The summed E-state index contributed by atoms with van der Waals surface area (Å²) in [5.74, 6) is 0. The van der Waals surface area contributed by atoms with E-state index in [1.165, 1.54) is 18.2 Å². The molecular formula is C9H7ClN4O2S. The van der Waals surface area contributed by atoms with Gasteiger partial charge in [-0.2, -0.15) is 5.26 Å². The van der Waals surface area contributed by atoms with Gasteiger partial charge in [0.05, 0.1) is 9.95 Å². The molecular weight excluding hydrogens is 264 g/mol. The molecule has 0 aliphatic rings. The van der Waals surface area contributed by atoms with Gasteiger partial charge in [0.15, 0.2) is 17.0 Å². The fourth-order valence-corrected chi connectivity index (χ4v) is 1.58. The number of halogens is 1. The molecule has 0 atom stereocenters. The zero-order valence-corrected chi connectivity index (χ0v) is 10.2. The van der Waals surface area contributed by atoms with E-state index in [-0.39, 0.29) is 21.6 Å². The SMILES string of the molecule is CSC(=Nc1c(Cl)cccc1[N+](=O)[O-])NC#N. The maximum Gasteiger partial charge on any atom is 0.296 e. The molecule has 1 rings (SSSR count). The van der Waals surface area contributed by atoms with Crippen molar-refractivity contribution < 1.29 is 4.92 Å². The third-order valence-electron chi connectivity index (χ3n) is 1.73. The van der Waals surface area contributed by atoms with Gasteiger partial charge in [0.1, 0.15) is 0 Å². The Morgan fingerprint density at radius 2 is 2.41 bits per heavy atom. The van der Waals surface area contributed by atoms with Gasteiger partial charge < -0.3 is 0 Å². The van der Waals surface area contributed by atoms with Crippen molar-refractivity contribution in [3.8, 4) is 6.19 Å². The topological polar surface area (TPSA) is 91.3 Å². The summed E-state index contributed by atoms with van der Waals surface area (Å²) in [4.78, 5) is 14.2. The van der Waals surface area contributed by atoms with Crippen LogP contribution in [0.15, 0.2) is 23.2 Å². The molecule has 0 fully saturated rings. The van der Waals surface area contributed by atoms with Crippen LogP contribution in [-0.2, 0) is 0 Å². The number of hydrogen-bond acceptors (Lipinski definition) is 5. The Bertz CT molecular complexity index is 512. The van der Waals surface area contributed by atoms with Gasteiger partial charge in [-0.1, -0.05) is 29.4 Å². The predicted octanol–water partition coefficient (Wildman–Crippen LogP) is 2.67. The van der Waals surface area contributed by atoms with Crippen LogP contribution in [0, 0.1) is 21.6 Å². The summed E-state index contributed by atoms with van der Waals surface area (Å²) >= 11 is 7.00.